The van der Waals surface area contributed by atoms with E-state index >= 15 is 0 Å². The van der Waals surface area contributed by atoms with E-state index in [4.69, 9.17) is 4.74 Å². The number of amides is 1. The Kier molecular flexibility index (Phi) is 4.52. The summed E-state index contributed by atoms with van der Waals surface area (Å²) >= 11 is 3.11. The van der Waals surface area contributed by atoms with Crippen molar-refractivity contribution in [2.75, 3.05) is 31.6 Å². The van der Waals surface area contributed by atoms with Gasteiger partial charge in [-0.15, -0.1) is 11.3 Å². The number of aromatic nitrogens is 1. The summed E-state index contributed by atoms with van der Waals surface area (Å²) in [5.74, 6) is -0.0149. The van der Waals surface area contributed by atoms with E-state index in [1.165, 1.54) is 11.3 Å². The van der Waals surface area contributed by atoms with Gasteiger partial charge in [-0.2, -0.15) is 11.3 Å². The molecule has 7 heteroatoms. The zero-order valence-electron chi connectivity index (χ0n) is 11.7. The summed E-state index contributed by atoms with van der Waals surface area (Å²) in [7, 11) is 0. The molecule has 21 heavy (non-hydrogen) atoms. The fraction of sp³-hybridized carbons (Fsp3) is 0.429. The lowest BCUT2D eigenvalue weighted by atomic mass is 10.1. The molecule has 5 nitrogen and oxygen atoms in total. The summed E-state index contributed by atoms with van der Waals surface area (Å²) < 4.78 is 5.77. The smallest absolute Gasteiger partial charge is 0.273 e. The van der Waals surface area contributed by atoms with Crippen LogP contribution in [0.2, 0.25) is 0 Å². The van der Waals surface area contributed by atoms with Gasteiger partial charge in [0.1, 0.15) is 11.8 Å². The monoisotopic (exact) mass is 323 g/mol. The third kappa shape index (κ3) is 3.25. The van der Waals surface area contributed by atoms with Gasteiger partial charge in [-0.05, 0) is 29.3 Å². The Morgan fingerprint density at radius 3 is 3.24 bits per heavy atom. The van der Waals surface area contributed by atoms with Gasteiger partial charge in [0.25, 0.3) is 5.91 Å². The van der Waals surface area contributed by atoms with Gasteiger partial charge in [-0.3, -0.25) is 4.79 Å². The summed E-state index contributed by atoms with van der Waals surface area (Å²) in [4.78, 5) is 18.7. The molecule has 3 rings (SSSR count). The number of rotatable bonds is 4. The van der Waals surface area contributed by atoms with E-state index < -0.39 is 0 Å². The average molecular weight is 323 g/mol. The van der Waals surface area contributed by atoms with Gasteiger partial charge in [-0.1, -0.05) is 0 Å². The van der Waals surface area contributed by atoms with E-state index in [0.717, 1.165) is 17.2 Å². The van der Waals surface area contributed by atoms with Crippen LogP contribution in [-0.4, -0.2) is 42.0 Å². The highest BCUT2D eigenvalue weighted by atomic mass is 32.1. The third-order valence-corrected chi connectivity index (χ3v) is 4.82. The Morgan fingerprint density at radius 1 is 1.57 bits per heavy atom. The summed E-state index contributed by atoms with van der Waals surface area (Å²) in [6.45, 7) is 4.59. The van der Waals surface area contributed by atoms with Gasteiger partial charge in [0.2, 0.25) is 0 Å². The molecular weight excluding hydrogens is 306 g/mol. The second-order valence-corrected chi connectivity index (χ2v) is 6.37. The molecule has 1 aliphatic heterocycles. The first kappa shape index (κ1) is 14.5. The second-order valence-electron chi connectivity index (χ2n) is 4.74. The first-order valence-electron chi connectivity index (χ1n) is 6.90. The number of carbonyl (C=O) groups excluding carboxylic acids is 1. The van der Waals surface area contributed by atoms with Crippen LogP contribution in [0.3, 0.4) is 0 Å². The van der Waals surface area contributed by atoms with Gasteiger partial charge in [0.15, 0.2) is 5.13 Å². The van der Waals surface area contributed by atoms with E-state index in [2.05, 4.69) is 21.7 Å². The zero-order valence-corrected chi connectivity index (χ0v) is 13.4. The first-order valence-corrected chi connectivity index (χ1v) is 8.72. The molecule has 0 unspecified atom stereocenters. The normalized spacial score (nSPS) is 18.7. The molecule has 0 saturated carbocycles. The number of hydrogen-bond donors (Lipinski definition) is 1. The van der Waals surface area contributed by atoms with Crippen molar-refractivity contribution in [1.29, 1.82) is 0 Å². The minimum atomic E-state index is -0.0270. The molecule has 1 N–H and O–H groups in total. The van der Waals surface area contributed by atoms with E-state index in [1.54, 1.807) is 11.3 Å². The van der Waals surface area contributed by atoms with Crippen LogP contribution in [0.25, 0.3) is 0 Å². The van der Waals surface area contributed by atoms with Gasteiger partial charge in [0.05, 0.1) is 13.2 Å². The van der Waals surface area contributed by atoms with Crippen molar-refractivity contribution < 1.29 is 9.53 Å². The molecule has 1 aliphatic rings. The standard InChI is InChI=1S/C14H17N3O2S2/c1-2-15-14-16-11(9-21-14)13(18)17-4-5-19-12(7-17)10-3-6-20-8-10/h3,6,8-9,12H,2,4-5,7H2,1H3,(H,15,16)/t12-/m0/s1. The fourth-order valence-corrected chi connectivity index (χ4v) is 3.72. The van der Waals surface area contributed by atoms with Crippen molar-refractivity contribution in [3.8, 4) is 0 Å². The molecule has 1 amide bonds. The lowest BCUT2D eigenvalue weighted by molar-refractivity contribution is -0.0228. The predicted octanol–water partition coefficient (Wildman–Crippen LogP) is 2.85. The number of ether oxygens (including phenoxy) is 1. The van der Waals surface area contributed by atoms with Crippen molar-refractivity contribution in [2.24, 2.45) is 0 Å². The summed E-state index contributed by atoms with van der Waals surface area (Å²) in [6.07, 6.45) is -0.0270. The second kappa shape index (κ2) is 6.55. The topological polar surface area (TPSA) is 54.5 Å². The zero-order chi connectivity index (χ0) is 14.7. The van der Waals surface area contributed by atoms with E-state index in [1.807, 2.05) is 22.6 Å². The molecule has 2 aromatic heterocycles. The number of thiophene rings is 1. The Hall–Kier alpha value is -1.44. The Labute approximate surface area is 131 Å². The third-order valence-electron chi connectivity index (χ3n) is 3.32. The number of thiazole rings is 1. The number of carbonyl (C=O) groups is 1. The molecule has 0 spiro atoms. The maximum absolute atomic E-state index is 12.5. The Balaban J connectivity index is 1.68. The van der Waals surface area contributed by atoms with Crippen LogP contribution in [0.5, 0.6) is 0 Å². The average Bonchev–Trinajstić information content (AvgIpc) is 3.18. The molecule has 2 aromatic rings. The molecule has 0 bridgehead atoms. The maximum atomic E-state index is 12.5. The van der Waals surface area contributed by atoms with Gasteiger partial charge >= 0.3 is 0 Å². The van der Waals surface area contributed by atoms with E-state index in [9.17, 15) is 4.79 Å². The Morgan fingerprint density at radius 2 is 2.48 bits per heavy atom. The van der Waals surface area contributed by atoms with Crippen LogP contribution < -0.4 is 5.32 Å². The number of anilines is 1. The van der Waals surface area contributed by atoms with Crippen LogP contribution in [0.4, 0.5) is 5.13 Å². The minimum absolute atomic E-state index is 0.0149. The van der Waals surface area contributed by atoms with Gasteiger partial charge in [-0.25, -0.2) is 4.98 Å². The van der Waals surface area contributed by atoms with E-state index in [0.29, 0.717) is 25.4 Å². The molecule has 1 atom stereocenters. The number of hydrogen-bond acceptors (Lipinski definition) is 6. The quantitative estimate of drug-likeness (QED) is 0.940. The summed E-state index contributed by atoms with van der Waals surface area (Å²) in [5.41, 5.74) is 1.66. The van der Waals surface area contributed by atoms with Crippen LogP contribution >= 0.6 is 22.7 Å². The number of nitrogens with one attached hydrogen (secondary N) is 1. The Bertz CT molecular complexity index is 597. The molecule has 1 saturated heterocycles. The predicted molar refractivity (Wildman–Crippen MR) is 85.2 cm³/mol. The van der Waals surface area contributed by atoms with Crippen molar-refractivity contribution in [3.63, 3.8) is 0 Å². The van der Waals surface area contributed by atoms with Crippen molar-refractivity contribution in [1.82, 2.24) is 9.88 Å². The highest BCUT2D eigenvalue weighted by molar-refractivity contribution is 7.13. The molecule has 3 heterocycles. The van der Waals surface area contributed by atoms with Gasteiger partial charge in [0, 0.05) is 18.5 Å². The van der Waals surface area contributed by atoms with Crippen molar-refractivity contribution in [2.45, 2.75) is 13.0 Å². The maximum Gasteiger partial charge on any atom is 0.273 e. The lowest BCUT2D eigenvalue weighted by Crippen LogP contribution is -2.42. The van der Waals surface area contributed by atoms with E-state index in [-0.39, 0.29) is 12.0 Å². The summed E-state index contributed by atoms with van der Waals surface area (Å²) in [5, 5.41) is 9.84. The highest BCUT2D eigenvalue weighted by Crippen LogP contribution is 2.25. The van der Waals surface area contributed by atoms with Crippen LogP contribution in [0.15, 0.2) is 22.2 Å². The highest BCUT2D eigenvalue weighted by Gasteiger charge is 2.27. The molecular formula is C14H17N3O2S2. The minimum Gasteiger partial charge on any atom is -0.370 e. The molecule has 0 radical (unpaired) electrons. The molecule has 0 aromatic carbocycles. The fourth-order valence-electron chi connectivity index (χ4n) is 2.26. The largest absolute Gasteiger partial charge is 0.370 e. The number of nitrogens with zero attached hydrogens (tertiary/aromatic N) is 2. The first-order chi connectivity index (χ1) is 10.3. The van der Waals surface area contributed by atoms with Gasteiger partial charge < -0.3 is 15.0 Å². The van der Waals surface area contributed by atoms with Crippen molar-refractivity contribution >= 4 is 33.7 Å². The van der Waals surface area contributed by atoms with Crippen LogP contribution in [0, 0.1) is 0 Å². The molecule has 112 valence electrons. The lowest BCUT2D eigenvalue weighted by Gasteiger charge is -2.32. The summed E-state index contributed by atoms with van der Waals surface area (Å²) in [6, 6.07) is 2.05. The SMILES string of the molecule is CCNc1nc(C(=O)N2CCO[C@H](c3ccsc3)C2)cs1. The molecule has 1 fully saturated rings. The molecule has 0 aliphatic carbocycles. The van der Waals surface area contributed by atoms with Crippen LogP contribution in [-0.2, 0) is 4.74 Å². The van der Waals surface area contributed by atoms with Crippen molar-refractivity contribution in [3.05, 3.63) is 33.5 Å². The van der Waals surface area contributed by atoms with Crippen LogP contribution in [0.1, 0.15) is 29.1 Å². The number of morpholine rings is 1.